The molecular formula is C19H15N3O3S. The third kappa shape index (κ3) is 4.07. The fraction of sp³-hybridized carbons (Fsp3) is 0.0526. The number of nitrogens with one attached hydrogen (secondary N) is 1. The van der Waals surface area contributed by atoms with Crippen LogP contribution in [0, 0.1) is 17.0 Å². The zero-order chi connectivity index (χ0) is 18.5. The summed E-state index contributed by atoms with van der Waals surface area (Å²) in [5, 5.41) is 14.2. The van der Waals surface area contributed by atoms with E-state index in [9.17, 15) is 14.9 Å². The molecule has 1 fully saturated rings. The number of benzene rings is 2. The van der Waals surface area contributed by atoms with Crippen LogP contribution < -0.4 is 5.32 Å². The number of aryl methyl sites for hydroxylation is 1. The maximum absolute atomic E-state index is 12.1. The summed E-state index contributed by atoms with van der Waals surface area (Å²) >= 11 is 1.23. The lowest BCUT2D eigenvalue weighted by molar-refractivity contribution is -0.385. The molecule has 7 heteroatoms. The molecule has 3 rings (SSSR count). The highest BCUT2D eigenvalue weighted by atomic mass is 32.2. The number of para-hydroxylation sites is 2. The Hall–Kier alpha value is -3.19. The number of amides is 1. The van der Waals surface area contributed by atoms with E-state index in [-0.39, 0.29) is 11.6 Å². The molecule has 1 aliphatic rings. The summed E-state index contributed by atoms with van der Waals surface area (Å²) in [5.74, 6) is -0.241. The topological polar surface area (TPSA) is 84.6 Å². The number of allylic oxidation sites excluding steroid dienone is 2. The van der Waals surface area contributed by atoms with E-state index < -0.39 is 4.92 Å². The fourth-order valence-corrected chi connectivity index (χ4v) is 3.11. The van der Waals surface area contributed by atoms with E-state index >= 15 is 0 Å². The number of carbonyl (C=O) groups is 1. The van der Waals surface area contributed by atoms with E-state index in [1.54, 1.807) is 36.4 Å². The van der Waals surface area contributed by atoms with Crippen molar-refractivity contribution in [2.75, 3.05) is 0 Å². The van der Waals surface area contributed by atoms with E-state index in [4.69, 9.17) is 0 Å². The van der Waals surface area contributed by atoms with E-state index in [1.807, 2.05) is 31.2 Å². The van der Waals surface area contributed by atoms with Gasteiger partial charge in [-0.25, -0.2) is 4.99 Å². The molecule has 6 nitrogen and oxygen atoms in total. The molecule has 0 unspecified atom stereocenters. The molecule has 0 bridgehead atoms. The van der Waals surface area contributed by atoms with Crippen molar-refractivity contribution in [2.24, 2.45) is 4.99 Å². The Bertz CT molecular complexity index is 964. The number of nitro benzene ring substituents is 1. The molecule has 130 valence electrons. The number of nitro groups is 1. The zero-order valence-corrected chi connectivity index (χ0v) is 14.7. The minimum absolute atomic E-state index is 0.0208. The second-order valence-corrected chi connectivity index (χ2v) is 6.50. The molecule has 1 amide bonds. The molecule has 0 spiro atoms. The van der Waals surface area contributed by atoms with Gasteiger partial charge in [-0.3, -0.25) is 14.9 Å². The average Bonchev–Trinajstić information content (AvgIpc) is 2.97. The third-order valence-corrected chi connectivity index (χ3v) is 4.57. The van der Waals surface area contributed by atoms with Gasteiger partial charge in [-0.15, -0.1) is 0 Å². The van der Waals surface area contributed by atoms with Crippen LogP contribution in [0.2, 0.25) is 0 Å². The number of carbonyl (C=O) groups excluding carboxylic acids is 1. The molecule has 1 aliphatic heterocycles. The van der Waals surface area contributed by atoms with Crippen LogP contribution in [-0.2, 0) is 4.79 Å². The van der Waals surface area contributed by atoms with Crippen LogP contribution in [0.4, 0.5) is 11.4 Å². The molecule has 0 aliphatic carbocycles. The van der Waals surface area contributed by atoms with Crippen LogP contribution in [0.15, 0.2) is 70.6 Å². The van der Waals surface area contributed by atoms with Crippen molar-refractivity contribution in [1.82, 2.24) is 5.32 Å². The Labute approximate surface area is 154 Å². The Morgan fingerprint density at radius 2 is 1.88 bits per heavy atom. The lowest BCUT2D eigenvalue weighted by atomic mass is 10.1. The lowest BCUT2D eigenvalue weighted by Crippen LogP contribution is -2.19. The minimum Gasteiger partial charge on any atom is -0.300 e. The number of thioether (sulfide) groups is 1. The number of nitrogens with zero attached hydrogens (tertiary/aromatic N) is 2. The van der Waals surface area contributed by atoms with E-state index in [1.165, 1.54) is 17.8 Å². The van der Waals surface area contributed by atoms with Crippen molar-refractivity contribution in [3.05, 3.63) is 86.8 Å². The summed E-state index contributed by atoms with van der Waals surface area (Å²) < 4.78 is 0. The molecule has 1 saturated heterocycles. The Balaban J connectivity index is 1.78. The van der Waals surface area contributed by atoms with Crippen LogP contribution in [0.3, 0.4) is 0 Å². The van der Waals surface area contributed by atoms with E-state index in [2.05, 4.69) is 10.3 Å². The summed E-state index contributed by atoms with van der Waals surface area (Å²) in [6, 6.07) is 14.1. The zero-order valence-electron chi connectivity index (χ0n) is 13.9. The van der Waals surface area contributed by atoms with Gasteiger partial charge in [0.05, 0.1) is 21.1 Å². The largest absolute Gasteiger partial charge is 0.300 e. The van der Waals surface area contributed by atoms with Crippen LogP contribution in [0.1, 0.15) is 11.1 Å². The molecular weight excluding hydrogens is 350 g/mol. The first-order valence-corrected chi connectivity index (χ1v) is 8.61. The molecule has 0 aromatic heterocycles. The number of hydrogen-bond donors (Lipinski definition) is 1. The minimum atomic E-state index is -0.434. The van der Waals surface area contributed by atoms with Crippen LogP contribution in [0.5, 0.6) is 0 Å². The van der Waals surface area contributed by atoms with Crippen molar-refractivity contribution in [3.63, 3.8) is 0 Å². The van der Waals surface area contributed by atoms with Gasteiger partial charge in [-0.1, -0.05) is 36.4 Å². The predicted octanol–water partition coefficient (Wildman–Crippen LogP) is 4.35. The first-order chi connectivity index (χ1) is 12.5. The van der Waals surface area contributed by atoms with Gasteiger partial charge in [0.1, 0.15) is 0 Å². The number of rotatable bonds is 4. The SMILES string of the molecule is Cc1ccccc1N=C1NC(=O)/C(=C\C=C\c2ccccc2[N+](=O)[O-])S1. The van der Waals surface area contributed by atoms with Gasteiger partial charge in [0.25, 0.3) is 11.6 Å². The fourth-order valence-electron chi connectivity index (χ4n) is 2.33. The molecule has 1 N–H and O–H groups in total. The monoisotopic (exact) mass is 365 g/mol. The summed E-state index contributed by atoms with van der Waals surface area (Å²) in [4.78, 5) is 27.6. The summed E-state index contributed by atoms with van der Waals surface area (Å²) in [6.07, 6.45) is 4.85. The maximum Gasteiger partial charge on any atom is 0.276 e. The standard InChI is InChI=1S/C19H15N3O3S/c1-13-7-2-4-10-15(13)20-19-21-18(23)17(26-19)12-6-9-14-8-3-5-11-16(14)22(24)25/h2-12H,1H3,(H,20,21,23)/b9-6+,17-12+. The smallest absolute Gasteiger partial charge is 0.276 e. The second-order valence-electron chi connectivity index (χ2n) is 5.47. The van der Waals surface area contributed by atoms with Crippen molar-refractivity contribution >= 4 is 40.3 Å². The van der Waals surface area contributed by atoms with Crippen molar-refractivity contribution in [3.8, 4) is 0 Å². The first-order valence-electron chi connectivity index (χ1n) is 7.80. The normalized spacial score (nSPS) is 17.2. The van der Waals surface area contributed by atoms with Gasteiger partial charge >= 0.3 is 0 Å². The van der Waals surface area contributed by atoms with Crippen LogP contribution >= 0.6 is 11.8 Å². The lowest BCUT2D eigenvalue weighted by Gasteiger charge is -1.99. The average molecular weight is 365 g/mol. The highest BCUT2D eigenvalue weighted by Gasteiger charge is 2.23. The van der Waals surface area contributed by atoms with Gasteiger partial charge in [-0.05, 0) is 48.5 Å². The summed E-state index contributed by atoms with van der Waals surface area (Å²) in [7, 11) is 0. The number of hydrogen-bond acceptors (Lipinski definition) is 5. The number of aliphatic imine (C=N–C) groups is 1. The predicted molar refractivity (Wildman–Crippen MR) is 104 cm³/mol. The third-order valence-electron chi connectivity index (χ3n) is 3.65. The van der Waals surface area contributed by atoms with Crippen LogP contribution in [0.25, 0.3) is 6.08 Å². The first kappa shape index (κ1) is 17.6. The van der Waals surface area contributed by atoms with Crippen LogP contribution in [-0.4, -0.2) is 16.0 Å². The summed E-state index contributed by atoms with van der Waals surface area (Å²) in [6.45, 7) is 1.95. The molecule has 1 heterocycles. The van der Waals surface area contributed by atoms with E-state index in [0.717, 1.165) is 11.3 Å². The van der Waals surface area contributed by atoms with Crippen molar-refractivity contribution in [2.45, 2.75) is 6.92 Å². The maximum atomic E-state index is 12.1. The molecule has 2 aromatic rings. The molecule has 2 aromatic carbocycles. The Kier molecular flexibility index (Phi) is 5.28. The quantitative estimate of drug-likeness (QED) is 0.496. The highest BCUT2D eigenvalue weighted by Crippen LogP contribution is 2.27. The van der Waals surface area contributed by atoms with Gasteiger partial charge in [0.2, 0.25) is 0 Å². The summed E-state index contributed by atoms with van der Waals surface area (Å²) in [5.41, 5.74) is 2.31. The molecule has 0 atom stereocenters. The number of amidine groups is 1. The van der Waals surface area contributed by atoms with Gasteiger partial charge in [0, 0.05) is 6.07 Å². The molecule has 0 saturated carbocycles. The molecule has 0 radical (unpaired) electrons. The second kappa shape index (κ2) is 7.79. The van der Waals surface area contributed by atoms with Crippen molar-refractivity contribution < 1.29 is 9.72 Å². The van der Waals surface area contributed by atoms with Crippen molar-refractivity contribution in [1.29, 1.82) is 0 Å². The van der Waals surface area contributed by atoms with Gasteiger partial charge < -0.3 is 5.32 Å². The Morgan fingerprint density at radius 3 is 2.65 bits per heavy atom. The van der Waals surface area contributed by atoms with E-state index in [0.29, 0.717) is 15.6 Å². The van der Waals surface area contributed by atoms with Gasteiger partial charge in [0.15, 0.2) is 5.17 Å². The molecule has 26 heavy (non-hydrogen) atoms. The van der Waals surface area contributed by atoms with Gasteiger partial charge in [-0.2, -0.15) is 0 Å². The Morgan fingerprint density at radius 1 is 1.15 bits per heavy atom. The highest BCUT2D eigenvalue weighted by molar-refractivity contribution is 8.18.